The van der Waals surface area contributed by atoms with Crippen LogP contribution < -0.4 is 5.32 Å². The van der Waals surface area contributed by atoms with E-state index >= 15 is 0 Å². The van der Waals surface area contributed by atoms with Gasteiger partial charge >= 0.3 is 6.03 Å². The summed E-state index contributed by atoms with van der Waals surface area (Å²) < 4.78 is 13.4. The molecule has 0 aliphatic carbocycles. The fourth-order valence-corrected chi connectivity index (χ4v) is 1.76. The summed E-state index contributed by atoms with van der Waals surface area (Å²) in [5.74, 6) is -0.761. The number of imide groups is 1. The van der Waals surface area contributed by atoms with E-state index in [1.807, 2.05) is 0 Å². The van der Waals surface area contributed by atoms with Crippen LogP contribution >= 0.6 is 0 Å². The molecule has 0 bridgehead atoms. The lowest BCUT2D eigenvalue weighted by molar-refractivity contribution is -0.130. The van der Waals surface area contributed by atoms with Gasteiger partial charge in [0.1, 0.15) is 11.4 Å². The monoisotopic (exact) mass is 236 g/mol. The molecule has 5 heteroatoms. The van der Waals surface area contributed by atoms with Crippen molar-refractivity contribution in [2.24, 2.45) is 0 Å². The predicted molar refractivity (Wildman–Crippen MR) is 59.6 cm³/mol. The van der Waals surface area contributed by atoms with E-state index in [0.717, 1.165) is 4.90 Å². The van der Waals surface area contributed by atoms with Crippen LogP contribution in [0.1, 0.15) is 19.4 Å². The predicted octanol–water partition coefficient (Wildman–Crippen LogP) is 1.66. The summed E-state index contributed by atoms with van der Waals surface area (Å²) >= 11 is 0. The Labute approximate surface area is 98.4 Å². The van der Waals surface area contributed by atoms with Gasteiger partial charge in [0, 0.05) is 5.56 Å². The first-order chi connectivity index (χ1) is 7.92. The van der Waals surface area contributed by atoms with Gasteiger partial charge in [-0.3, -0.25) is 9.69 Å². The fourth-order valence-electron chi connectivity index (χ4n) is 1.76. The minimum Gasteiger partial charge on any atom is -0.324 e. The minimum absolute atomic E-state index is 0.0409. The van der Waals surface area contributed by atoms with E-state index in [9.17, 15) is 14.0 Å². The van der Waals surface area contributed by atoms with Crippen molar-refractivity contribution in [3.05, 3.63) is 35.6 Å². The van der Waals surface area contributed by atoms with Gasteiger partial charge in [0.05, 0.1) is 6.54 Å². The van der Waals surface area contributed by atoms with E-state index in [1.165, 1.54) is 6.07 Å². The molecular formula is C12H13FN2O2. The highest BCUT2D eigenvalue weighted by Gasteiger charge is 2.44. The molecule has 1 aliphatic rings. The van der Waals surface area contributed by atoms with Crippen LogP contribution in [-0.4, -0.2) is 22.4 Å². The summed E-state index contributed by atoms with van der Waals surface area (Å²) in [5, 5.41) is 2.55. The smallest absolute Gasteiger partial charge is 0.324 e. The van der Waals surface area contributed by atoms with Crippen LogP contribution in [0.25, 0.3) is 0 Å². The van der Waals surface area contributed by atoms with Crippen molar-refractivity contribution in [1.29, 1.82) is 0 Å². The Morgan fingerprint density at radius 1 is 1.29 bits per heavy atom. The number of amides is 3. The lowest BCUT2D eigenvalue weighted by Crippen LogP contribution is -2.40. The van der Waals surface area contributed by atoms with E-state index in [1.54, 1.807) is 32.0 Å². The van der Waals surface area contributed by atoms with Gasteiger partial charge in [-0.05, 0) is 19.9 Å². The minimum atomic E-state index is -0.914. The molecular weight excluding hydrogens is 223 g/mol. The molecule has 0 spiro atoms. The van der Waals surface area contributed by atoms with Crippen molar-refractivity contribution >= 4 is 11.9 Å². The standard InChI is InChI=1S/C12H13FN2O2/c1-12(2)10(16)15(11(17)14-12)7-8-5-3-4-6-9(8)13/h3-6H,7H2,1-2H3,(H,14,17). The van der Waals surface area contributed by atoms with Gasteiger partial charge in [-0.25, -0.2) is 9.18 Å². The number of benzene rings is 1. The zero-order valence-corrected chi connectivity index (χ0v) is 9.66. The largest absolute Gasteiger partial charge is 0.325 e. The maximum atomic E-state index is 13.4. The molecule has 1 aliphatic heterocycles. The third-order valence-electron chi connectivity index (χ3n) is 2.73. The number of hydrogen-bond donors (Lipinski definition) is 1. The van der Waals surface area contributed by atoms with Gasteiger partial charge in [0.2, 0.25) is 0 Å². The van der Waals surface area contributed by atoms with Gasteiger partial charge in [0.15, 0.2) is 0 Å². The number of nitrogens with zero attached hydrogens (tertiary/aromatic N) is 1. The zero-order valence-electron chi connectivity index (χ0n) is 9.66. The SMILES string of the molecule is CC1(C)NC(=O)N(Cc2ccccc2F)C1=O. The van der Waals surface area contributed by atoms with E-state index in [2.05, 4.69) is 5.32 Å². The van der Waals surface area contributed by atoms with Gasteiger partial charge < -0.3 is 5.32 Å². The summed E-state index contributed by atoms with van der Waals surface area (Å²) in [4.78, 5) is 24.5. The Balaban J connectivity index is 2.23. The van der Waals surface area contributed by atoms with Crippen LogP contribution in [0.5, 0.6) is 0 Å². The molecule has 1 heterocycles. The average Bonchev–Trinajstić information content (AvgIpc) is 2.43. The van der Waals surface area contributed by atoms with Crippen molar-refractivity contribution in [2.45, 2.75) is 25.9 Å². The van der Waals surface area contributed by atoms with Crippen LogP contribution in [0, 0.1) is 5.82 Å². The number of carbonyl (C=O) groups is 2. The number of carbonyl (C=O) groups excluding carboxylic acids is 2. The third kappa shape index (κ3) is 2.00. The Bertz CT molecular complexity index is 485. The first-order valence-electron chi connectivity index (χ1n) is 5.29. The maximum absolute atomic E-state index is 13.4. The Morgan fingerprint density at radius 2 is 1.94 bits per heavy atom. The molecule has 1 aromatic rings. The number of hydrogen-bond acceptors (Lipinski definition) is 2. The molecule has 1 saturated heterocycles. The Morgan fingerprint density at radius 3 is 2.47 bits per heavy atom. The van der Waals surface area contributed by atoms with Crippen molar-refractivity contribution in [2.75, 3.05) is 0 Å². The summed E-state index contributed by atoms with van der Waals surface area (Å²) in [5.41, 5.74) is -0.587. The molecule has 90 valence electrons. The quantitative estimate of drug-likeness (QED) is 0.794. The van der Waals surface area contributed by atoms with E-state index < -0.39 is 17.4 Å². The van der Waals surface area contributed by atoms with Crippen molar-refractivity contribution < 1.29 is 14.0 Å². The molecule has 0 saturated carbocycles. The summed E-state index contributed by atoms with van der Waals surface area (Å²) in [7, 11) is 0. The highest BCUT2D eigenvalue weighted by Crippen LogP contribution is 2.20. The van der Waals surface area contributed by atoms with E-state index in [-0.39, 0.29) is 12.5 Å². The molecule has 2 rings (SSSR count). The normalized spacial score (nSPS) is 18.4. The molecule has 4 nitrogen and oxygen atoms in total. The lowest BCUT2D eigenvalue weighted by Gasteiger charge is -2.16. The molecule has 0 radical (unpaired) electrons. The molecule has 0 aromatic heterocycles. The molecule has 1 aromatic carbocycles. The molecule has 1 N–H and O–H groups in total. The van der Waals surface area contributed by atoms with Gasteiger partial charge in [-0.2, -0.15) is 0 Å². The van der Waals surface area contributed by atoms with Crippen molar-refractivity contribution in [3.63, 3.8) is 0 Å². The molecule has 1 fully saturated rings. The second kappa shape index (κ2) is 3.84. The molecule has 17 heavy (non-hydrogen) atoms. The summed E-state index contributed by atoms with van der Waals surface area (Å²) in [6.45, 7) is 3.20. The third-order valence-corrected chi connectivity index (χ3v) is 2.73. The number of halogens is 1. The second-order valence-corrected chi connectivity index (χ2v) is 4.54. The van der Waals surface area contributed by atoms with E-state index in [0.29, 0.717) is 5.56 Å². The Kier molecular flexibility index (Phi) is 2.61. The summed E-state index contributed by atoms with van der Waals surface area (Å²) in [6.07, 6.45) is 0. The van der Waals surface area contributed by atoms with E-state index in [4.69, 9.17) is 0 Å². The highest BCUT2D eigenvalue weighted by atomic mass is 19.1. The molecule has 0 unspecified atom stereocenters. The van der Waals surface area contributed by atoms with Gasteiger partial charge in [-0.15, -0.1) is 0 Å². The highest BCUT2D eigenvalue weighted by molar-refractivity contribution is 6.06. The fraction of sp³-hybridized carbons (Fsp3) is 0.333. The first kappa shape index (κ1) is 11.6. The zero-order chi connectivity index (χ0) is 12.6. The Hall–Kier alpha value is -1.91. The van der Waals surface area contributed by atoms with Crippen molar-refractivity contribution in [1.82, 2.24) is 10.2 Å². The van der Waals surface area contributed by atoms with Crippen LogP contribution in [0.15, 0.2) is 24.3 Å². The van der Waals surface area contributed by atoms with Crippen LogP contribution in [-0.2, 0) is 11.3 Å². The van der Waals surface area contributed by atoms with Gasteiger partial charge in [-0.1, -0.05) is 18.2 Å². The lowest BCUT2D eigenvalue weighted by atomic mass is 10.1. The topological polar surface area (TPSA) is 49.4 Å². The van der Waals surface area contributed by atoms with Crippen LogP contribution in [0.3, 0.4) is 0 Å². The number of rotatable bonds is 2. The number of urea groups is 1. The average molecular weight is 236 g/mol. The molecule has 3 amide bonds. The van der Waals surface area contributed by atoms with Crippen LogP contribution in [0.4, 0.5) is 9.18 Å². The van der Waals surface area contributed by atoms with Gasteiger partial charge in [0.25, 0.3) is 5.91 Å². The van der Waals surface area contributed by atoms with Crippen LogP contribution in [0.2, 0.25) is 0 Å². The number of nitrogens with one attached hydrogen (secondary N) is 1. The second-order valence-electron chi connectivity index (χ2n) is 4.54. The summed E-state index contributed by atoms with van der Waals surface area (Å²) in [6, 6.07) is 5.61. The maximum Gasteiger partial charge on any atom is 0.325 e. The first-order valence-corrected chi connectivity index (χ1v) is 5.29. The van der Waals surface area contributed by atoms with Crippen molar-refractivity contribution in [3.8, 4) is 0 Å². The molecule has 0 atom stereocenters.